The van der Waals surface area contributed by atoms with Gasteiger partial charge in [0.2, 0.25) is 5.91 Å². The van der Waals surface area contributed by atoms with Crippen molar-refractivity contribution >= 4 is 35.3 Å². The number of hydroxylamine groups is 2. The van der Waals surface area contributed by atoms with E-state index < -0.39 is 36.8 Å². The Bertz CT molecular complexity index is 1000. The number of nitrogens with zero attached hydrogens (tertiary/aromatic N) is 1. The largest absolute Gasteiger partial charge is 0.478 e. The van der Waals surface area contributed by atoms with Crippen LogP contribution in [0.4, 0.5) is 5.69 Å². The van der Waals surface area contributed by atoms with Crippen LogP contribution in [0.3, 0.4) is 0 Å². The summed E-state index contributed by atoms with van der Waals surface area (Å²) in [6.45, 7) is 1.86. The zero-order valence-electron chi connectivity index (χ0n) is 17.7. The molecule has 3 heterocycles. The van der Waals surface area contributed by atoms with Gasteiger partial charge in [0.25, 0.3) is 0 Å². The molecule has 1 aromatic rings. The highest BCUT2D eigenvalue weighted by atomic mass is 32.2. The molecular weight excluding hydrogens is 454 g/mol. The van der Waals surface area contributed by atoms with Gasteiger partial charge in [-0.25, -0.2) is 14.7 Å². The molecule has 2 saturated heterocycles. The summed E-state index contributed by atoms with van der Waals surface area (Å²) in [6, 6.07) is 5.08. The molecule has 0 saturated carbocycles. The standard InChI is InChI=1S/C21H25N3O8S/c1-9-15-17(14(26)8-25)32-24(15)16(21(30)31)18(9)33-12-6-13(22-7-12)19(27)23-11-4-2-3-10(5-11)20(28)29/h2-5,9,12-15,17,22,25-26H,6-8H2,1H3,(H,23,27)(H,28,29)(H,30,31)/t9-,12+,13+,14?,15+,17-/m1/s1. The lowest BCUT2D eigenvalue weighted by Gasteiger charge is -2.47. The summed E-state index contributed by atoms with van der Waals surface area (Å²) in [7, 11) is 0. The number of carbonyl (C=O) groups is 3. The minimum Gasteiger partial charge on any atom is -0.478 e. The minimum atomic E-state index is -1.14. The first kappa shape index (κ1) is 23.5. The third-order valence-electron chi connectivity index (χ3n) is 6.07. The maximum Gasteiger partial charge on any atom is 0.355 e. The zero-order valence-corrected chi connectivity index (χ0v) is 18.5. The lowest BCUT2D eigenvalue weighted by Crippen LogP contribution is -2.62. The van der Waals surface area contributed by atoms with Crippen LogP contribution in [0.15, 0.2) is 34.9 Å². The first-order valence-corrected chi connectivity index (χ1v) is 11.4. The summed E-state index contributed by atoms with van der Waals surface area (Å²) in [5.41, 5.74) is 0.478. The van der Waals surface area contributed by atoms with Gasteiger partial charge in [-0.15, -0.1) is 11.8 Å². The zero-order chi connectivity index (χ0) is 23.9. The van der Waals surface area contributed by atoms with E-state index in [0.717, 1.165) is 0 Å². The highest BCUT2D eigenvalue weighted by Crippen LogP contribution is 2.50. The Labute approximate surface area is 193 Å². The van der Waals surface area contributed by atoms with Crippen LogP contribution >= 0.6 is 11.8 Å². The van der Waals surface area contributed by atoms with Crippen molar-refractivity contribution in [3.05, 3.63) is 40.4 Å². The Morgan fingerprint density at radius 1 is 1.30 bits per heavy atom. The average Bonchev–Trinajstić information content (AvgIpc) is 3.30. The third kappa shape index (κ3) is 4.44. The van der Waals surface area contributed by atoms with Gasteiger partial charge in [-0.3, -0.25) is 9.63 Å². The number of nitrogens with one attached hydrogen (secondary N) is 2. The Kier molecular flexibility index (Phi) is 6.64. The summed E-state index contributed by atoms with van der Waals surface area (Å²) in [5.74, 6) is -2.75. The maximum absolute atomic E-state index is 12.7. The number of anilines is 1. The minimum absolute atomic E-state index is 0.0253. The second kappa shape index (κ2) is 9.31. The van der Waals surface area contributed by atoms with Crippen LogP contribution in [0.5, 0.6) is 0 Å². The number of aromatic carboxylic acids is 1. The van der Waals surface area contributed by atoms with Crippen molar-refractivity contribution in [2.24, 2.45) is 5.92 Å². The van der Waals surface area contributed by atoms with Crippen LogP contribution in [-0.4, -0.2) is 86.0 Å². The third-order valence-corrected chi connectivity index (χ3v) is 7.58. The van der Waals surface area contributed by atoms with Crippen molar-refractivity contribution in [1.29, 1.82) is 0 Å². The summed E-state index contributed by atoms with van der Waals surface area (Å²) in [4.78, 5) is 41.7. The van der Waals surface area contributed by atoms with Gasteiger partial charge in [-0.1, -0.05) is 13.0 Å². The van der Waals surface area contributed by atoms with Gasteiger partial charge < -0.3 is 31.1 Å². The quantitative estimate of drug-likeness (QED) is 0.298. The van der Waals surface area contributed by atoms with Crippen molar-refractivity contribution in [2.45, 2.75) is 42.9 Å². The van der Waals surface area contributed by atoms with E-state index in [-0.39, 0.29) is 34.4 Å². The van der Waals surface area contributed by atoms with Gasteiger partial charge in [-0.2, -0.15) is 0 Å². The van der Waals surface area contributed by atoms with E-state index in [0.29, 0.717) is 23.6 Å². The van der Waals surface area contributed by atoms with E-state index >= 15 is 0 Å². The van der Waals surface area contributed by atoms with Gasteiger partial charge >= 0.3 is 11.9 Å². The first-order chi connectivity index (χ1) is 15.7. The molecule has 3 aliphatic rings. The lowest BCUT2D eigenvalue weighted by molar-refractivity contribution is -0.339. The van der Waals surface area contributed by atoms with Crippen LogP contribution < -0.4 is 10.6 Å². The summed E-state index contributed by atoms with van der Waals surface area (Å²) >= 11 is 1.37. The molecule has 0 bridgehead atoms. The number of carbonyl (C=O) groups excluding carboxylic acids is 1. The molecule has 6 N–H and O–H groups in total. The fourth-order valence-electron chi connectivity index (χ4n) is 4.40. The molecule has 0 aliphatic carbocycles. The number of aliphatic hydroxyl groups excluding tert-OH is 2. The second-order valence-corrected chi connectivity index (χ2v) is 9.60. The number of hydrogen-bond acceptors (Lipinski definition) is 9. The van der Waals surface area contributed by atoms with Gasteiger partial charge in [0.1, 0.15) is 12.2 Å². The van der Waals surface area contributed by atoms with Crippen LogP contribution in [0, 0.1) is 5.92 Å². The molecule has 1 unspecified atom stereocenters. The lowest BCUT2D eigenvalue weighted by atomic mass is 9.93. The fraction of sp³-hybridized carbons (Fsp3) is 0.476. The van der Waals surface area contributed by atoms with Gasteiger partial charge in [-0.05, 0) is 24.6 Å². The first-order valence-electron chi connectivity index (χ1n) is 10.5. The smallest absolute Gasteiger partial charge is 0.355 e. The average molecular weight is 480 g/mol. The molecule has 0 radical (unpaired) electrons. The molecule has 1 amide bonds. The van der Waals surface area contributed by atoms with Crippen molar-refractivity contribution in [2.75, 3.05) is 18.5 Å². The molecule has 33 heavy (non-hydrogen) atoms. The number of carboxylic acid groups (broad SMARTS) is 2. The number of aliphatic carboxylic acids is 1. The van der Waals surface area contributed by atoms with Crippen molar-refractivity contribution in [1.82, 2.24) is 10.4 Å². The number of amides is 1. The summed E-state index contributed by atoms with van der Waals surface area (Å²) in [5, 5.41) is 45.0. The summed E-state index contributed by atoms with van der Waals surface area (Å²) in [6.07, 6.45) is -1.33. The Morgan fingerprint density at radius 2 is 2.06 bits per heavy atom. The highest BCUT2D eigenvalue weighted by molar-refractivity contribution is 8.03. The number of fused-ring (bicyclic) bond motifs is 1. The van der Waals surface area contributed by atoms with E-state index in [4.69, 9.17) is 9.94 Å². The topological polar surface area (TPSA) is 169 Å². The van der Waals surface area contributed by atoms with Crippen LogP contribution in [-0.2, 0) is 14.4 Å². The van der Waals surface area contributed by atoms with Gasteiger partial charge in [0.05, 0.1) is 24.3 Å². The molecule has 2 fully saturated rings. The normalized spacial score (nSPS) is 29.4. The van der Waals surface area contributed by atoms with Crippen molar-refractivity contribution in [3.8, 4) is 0 Å². The van der Waals surface area contributed by atoms with E-state index in [1.54, 1.807) is 12.1 Å². The number of aliphatic hydroxyl groups is 2. The van der Waals surface area contributed by atoms with Gasteiger partial charge in [0, 0.05) is 28.3 Å². The number of hydrogen-bond donors (Lipinski definition) is 6. The molecule has 11 nitrogen and oxygen atoms in total. The van der Waals surface area contributed by atoms with E-state index in [2.05, 4.69) is 10.6 Å². The summed E-state index contributed by atoms with van der Waals surface area (Å²) < 4.78 is 0. The van der Waals surface area contributed by atoms with E-state index in [9.17, 15) is 29.7 Å². The molecule has 4 rings (SSSR count). The predicted octanol–water partition coefficient (Wildman–Crippen LogP) is 0.0705. The van der Waals surface area contributed by atoms with Crippen molar-refractivity contribution in [3.63, 3.8) is 0 Å². The Morgan fingerprint density at radius 3 is 2.73 bits per heavy atom. The fourth-order valence-corrected chi connectivity index (χ4v) is 5.87. The van der Waals surface area contributed by atoms with Crippen LogP contribution in [0.2, 0.25) is 0 Å². The van der Waals surface area contributed by atoms with Crippen LogP contribution in [0.25, 0.3) is 0 Å². The molecule has 12 heteroatoms. The Balaban J connectivity index is 1.40. The molecule has 0 spiro atoms. The maximum atomic E-state index is 12.7. The number of thioether (sulfide) groups is 1. The van der Waals surface area contributed by atoms with Crippen LogP contribution in [0.1, 0.15) is 23.7 Å². The Hall–Kier alpha value is -2.64. The van der Waals surface area contributed by atoms with E-state index in [1.807, 2.05) is 6.92 Å². The molecular formula is C21H25N3O8S. The number of benzene rings is 1. The molecule has 3 aliphatic heterocycles. The monoisotopic (exact) mass is 479 g/mol. The highest BCUT2D eigenvalue weighted by Gasteiger charge is 2.57. The second-order valence-electron chi connectivity index (χ2n) is 8.25. The predicted molar refractivity (Wildman–Crippen MR) is 117 cm³/mol. The number of rotatable bonds is 8. The van der Waals surface area contributed by atoms with Crippen molar-refractivity contribution < 1.29 is 39.6 Å². The molecule has 1 aromatic carbocycles. The van der Waals surface area contributed by atoms with E-state index in [1.165, 1.54) is 29.0 Å². The number of carboxylic acids is 2. The van der Waals surface area contributed by atoms with Gasteiger partial charge in [0.15, 0.2) is 5.70 Å². The molecule has 6 atom stereocenters. The molecule has 178 valence electrons. The SMILES string of the molecule is C[C@H]1C(S[C@@H]2CN[C@H](C(=O)Nc3cccc(C(=O)O)c3)C2)=C(C(=O)O)N2O[C@H](C(O)CO)[C@H]12. The molecule has 0 aromatic heterocycles.